The zero-order chi connectivity index (χ0) is 24.9. The summed E-state index contributed by atoms with van der Waals surface area (Å²) in [5, 5.41) is 11.9. The van der Waals surface area contributed by atoms with E-state index in [-0.39, 0.29) is 5.82 Å². The standard InChI is InChI=1S/C25H35FN8O2/c1-3-35-15-12-34-23-22(21(31-34)17-32-10-13-36-14-11-32)29-25(33-9-8-27-18(2)16-33)30-24(23)28-20-6-4-19(26)5-7-20/h4-7,18,27H,3,8-17H2,1-2H3,(H,28,29,30). The maximum Gasteiger partial charge on any atom is 0.228 e. The lowest BCUT2D eigenvalue weighted by Crippen LogP contribution is -2.49. The molecule has 0 saturated carbocycles. The molecular weight excluding hydrogens is 463 g/mol. The molecule has 10 nitrogen and oxygen atoms in total. The number of ether oxygens (including phenoxy) is 2. The van der Waals surface area contributed by atoms with Gasteiger partial charge in [0.15, 0.2) is 5.82 Å². The van der Waals surface area contributed by atoms with Crippen molar-refractivity contribution in [2.24, 2.45) is 0 Å². The summed E-state index contributed by atoms with van der Waals surface area (Å²) < 4.78 is 26.7. The third-order valence-electron chi connectivity index (χ3n) is 6.53. The fourth-order valence-electron chi connectivity index (χ4n) is 4.68. The SMILES string of the molecule is CCOCCn1nc(CN2CCOCC2)c2nc(N3CCNC(C)C3)nc(Nc3ccc(F)cc3)c21. The van der Waals surface area contributed by atoms with E-state index in [1.54, 1.807) is 12.1 Å². The Morgan fingerprint density at radius 3 is 2.72 bits per heavy atom. The number of halogens is 1. The Morgan fingerprint density at radius 1 is 1.17 bits per heavy atom. The molecule has 11 heteroatoms. The maximum absolute atomic E-state index is 13.6. The van der Waals surface area contributed by atoms with Crippen LogP contribution in [0.5, 0.6) is 0 Å². The molecule has 0 bridgehead atoms. The van der Waals surface area contributed by atoms with E-state index in [0.717, 1.165) is 68.4 Å². The number of morpholine rings is 1. The molecular formula is C25H35FN8O2. The zero-order valence-electron chi connectivity index (χ0n) is 21.0. The number of rotatable bonds is 9. The van der Waals surface area contributed by atoms with Gasteiger partial charge in [-0.1, -0.05) is 0 Å². The number of nitrogens with one attached hydrogen (secondary N) is 2. The minimum Gasteiger partial charge on any atom is -0.380 e. The number of fused-ring (bicyclic) bond motifs is 1. The van der Waals surface area contributed by atoms with Crippen LogP contribution in [0.3, 0.4) is 0 Å². The number of aromatic nitrogens is 4. The molecule has 4 heterocycles. The number of nitrogens with zero attached hydrogens (tertiary/aromatic N) is 6. The van der Waals surface area contributed by atoms with Gasteiger partial charge in [-0.05, 0) is 38.1 Å². The minimum atomic E-state index is -0.279. The highest BCUT2D eigenvalue weighted by Gasteiger charge is 2.25. The first-order chi connectivity index (χ1) is 17.6. The molecule has 5 rings (SSSR count). The van der Waals surface area contributed by atoms with Gasteiger partial charge < -0.3 is 25.0 Å². The first-order valence-corrected chi connectivity index (χ1v) is 12.8. The molecule has 2 aliphatic heterocycles. The third-order valence-corrected chi connectivity index (χ3v) is 6.53. The second-order valence-electron chi connectivity index (χ2n) is 9.26. The Balaban J connectivity index is 1.59. The number of hydrogen-bond donors (Lipinski definition) is 2. The summed E-state index contributed by atoms with van der Waals surface area (Å²) in [7, 11) is 0. The minimum absolute atomic E-state index is 0.279. The normalized spacial score (nSPS) is 19.2. The molecule has 2 N–H and O–H groups in total. The fraction of sp³-hybridized carbons (Fsp3) is 0.560. The van der Waals surface area contributed by atoms with Crippen LogP contribution in [-0.2, 0) is 22.6 Å². The number of benzene rings is 1. The highest BCUT2D eigenvalue weighted by atomic mass is 19.1. The molecule has 36 heavy (non-hydrogen) atoms. The monoisotopic (exact) mass is 498 g/mol. The van der Waals surface area contributed by atoms with Gasteiger partial charge in [-0.25, -0.2) is 9.37 Å². The van der Waals surface area contributed by atoms with Gasteiger partial charge >= 0.3 is 0 Å². The van der Waals surface area contributed by atoms with Crippen molar-refractivity contribution in [3.05, 3.63) is 35.8 Å². The van der Waals surface area contributed by atoms with E-state index in [4.69, 9.17) is 24.5 Å². The van der Waals surface area contributed by atoms with Crippen molar-refractivity contribution in [1.29, 1.82) is 0 Å². The van der Waals surface area contributed by atoms with Crippen LogP contribution in [0.25, 0.3) is 11.0 Å². The van der Waals surface area contributed by atoms with Crippen LogP contribution in [0, 0.1) is 5.82 Å². The molecule has 2 saturated heterocycles. The van der Waals surface area contributed by atoms with Gasteiger partial charge in [-0.3, -0.25) is 9.58 Å². The molecule has 194 valence electrons. The van der Waals surface area contributed by atoms with Crippen molar-refractivity contribution >= 4 is 28.5 Å². The summed E-state index contributed by atoms with van der Waals surface area (Å²) >= 11 is 0. The summed E-state index contributed by atoms with van der Waals surface area (Å²) in [6.45, 7) is 12.3. The van der Waals surface area contributed by atoms with Crippen molar-refractivity contribution in [3.63, 3.8) is 0 Å². The lowest BCUT2D eigenvalue weighted by molar-refractivity contribution is 0.0337. The summed E-state index contributed by atoms with van der Waals surface area (Å²) in [5.74, 6) is 1.05. The summed E-state index contributed by atoms with van der Waals surface area (Å²) in [4.78, 5) is 14.6. The largest absolute Gasteiger partial charge is 0.380 e. The molecule has 2 aliphatic rings. The van der Waals surface area contributed by atoms with E-state index in [2.05, 4.69) is 27.4 Å². The second-order valence-corrected chi connectivity index (χ2v) is 9.26. The molecule has 2 aromatic heterocycles. The van der Waals surface area contributed by atoms with Gasteiger partial charge in [0, 0.05) is 57.6 Å². The molecule has 0 spiro atoms. The van der Waals surface area contributed by atoms with E-state index in [0.29, 0.717) is 44.1 Å². The molecule has 1 unspecified atom stereocenters. The number of piperazine rings is 1. The highest BCUT2D eigenvalue weighted by Crippen LogP contribution is 2.30. The fourth-order valence-corrected chi connectivity index (χ4v) is 4.68. The average molecular weight is 499 g/mol. The van der Waals surface area contributed by atoms with Crippen molar-refractivity contribution < 1.29 is 13.9 Å². The topological polar surface area (TPSA) is 92.6 Å². The quantitative estimate of drug-likeness (QED) is 0.432. The van der Waals surface area contributed by atoms with Gasteiger partial charge in [-0.2, -0.15) is 10.1 Å². The van der Waals surface area contributed by atoms with E-state index in [1.807, 2.05) is 11.6 Å². The Kier molecular flexibility index (Phi) is 7.90. The molecule has 0 aliphatic carbocycles. The van der Waals surface area contributed by atoms with E-state index in [9.17, 15) is 4.39 Å². The first kappa shape index (κ1) is 24.8. The Labute approximate surface area is 210 Å². The zero-order valence-corrected chi connectivity index (χ0v) is 21.0. The van der Waals surface area contributed by atoms with Crippen LogP contribution in [0.1, 0.15) is 19.5 Å². The van der Waals surface area contributed by atoms with Gasteiger partial charge in [0.25, 0.3) is 0 Å². The van der Waals surface area contributed by atoms with E-state index < -0.39 is 0 Å². The first-order valence-electron chi connectivity index (χ1n) is 12.8. The number of hydrogen-bond acceptors (Lipinski definition) is 9. The summed E-state index contributed by atoms with van der Waals surface area (Å²) in [6.07, 6.45) is 0. The van der Waals surface area contributed by atoms with Crippen LogP contribution in [-0.4, -0.2) is 89.8 Å². The van der Waals surface area contributed by atoms with Crippen molar-refractivity contribution in [2.75, 3.05) is 69.4 Å². The van der Waals surface area contributed by atoms with Gasteiger partial charge in [-0.15, -0.1) is 0 Å². The molecule has 0 radical (unpaired) electrons. The van der Waals surface area contributed by atoms with E-state index >= 15 is 0 Å². The van der Waals surface area contributed by atoms with Crippen molar-refractivity contribution in [3.8, 4) is 0 Å². The molecule has 3 aromatic rings. The lowest BCUT2D eigenvalue weighted by Gasteiger charge is -2.32. The predicted molar refractivity (Wildman–Crippen MR) is 137 cm³/mol. The summed E-state index contributed by atoms with van der Waals surface area (Å²) in [5.41, 5.74) is 3.33. The smallest absolute Gasteiger partial charge is 0.228 e. The number of anilines is 3. The second kappa shape index (κ2) is 11.5. The predicted octanol–water partition coefficient (Wildman–Crippen LogP) is 2.38. The van der Waals surface area contributed by atoms with Crippen LogP contribution in [0.15, 0.2) is 24.3 Å². The van der Waals surface area contributed by atoms with Crippen LogP contribution >= 0.6 is 0 Å². The van der Waals surface area contributed by atoms with Gasteiger partial charge in [0.05, 0.1) is 26.4 Å². The lowest BCUT2D eigenvalue weighted by atomic mass is 10.2. The highest BCUT2D eigenvalue weighted by molar-refractivity contribution is 5.90. The van der Waals surface area contributed by atoms with Crippen LogP contribution in [0.4, 0.5) is 21.8 Å². The maximum atomic E-state index is 13.6. The Morgan fingerprint density at radius 2 is 1.97 bits per heavy atom. The Bertz CT molecular complexity index is 1150. The molecule has 1 atom stereocenters. The van der Waals surface area contributed by atoms with Gasteiger partial charge in [0.1, 0.15) is 22.5 Å². The average Bonchev–Trinajstić information content (AvgIpc) is 3.23. The molecule has 2 fully saturated rings. The molecule has 1 aromatic carbocycles. The van der Waals surface area contributed by atoms with Crippen molar-refractivity contribution in [2.45, 2.75) is 33.0 Å². The van der Waals surface area contributed by atoms with Gasteiger partial charge in [0.2, 0.25) is 5.95 Å². The summed E-state index contributed by atoms with van der Waals surface area (Å²) in [6, 6.07) is 6.65. The van der Waals surface area contributed by atoms with Crippen LogP contribution in [0.2, 0.25) is 0 Å². The third kappa shape index (κ3) is 5.75. The molecule has 0 amide bonds. The van der Waals surface area contributed by atoms with Crippen molar-refractivity contribution in [1.82, 2.24) is 30.0 Å². The Hall–Kier alpha value is -2.86. The van der Waals surface area contributed by atoms with Crippen LogP contribution < -0.4 is 15.5 Å². The van der Waals surface area contributed by atoms with E-state index in [1.165, 1.54) is 12.1 Å².